The van der Waals surface area contributed by atoms with E-state index in [1.165, 1.54) is 96.4 Å². The number of likely N-dealkylation sites (tertiary alicyclic amines) is 1. The van der Waals surface area contributed by atoms with E-state index in [1.807, 2.05) is 0 Å². The molecule has 1 fully saturated rings. The van der Waals surface area contributed by atoms with Crippen molar-refractivity contribution in [1.29, 1.82) is 0 Å². The van der Waals surface area contributed by atoms with Crippen molar-refractivity contribution in [3.05, 3.63) is 0 Å². The van der Waals surface area contributed by atoms with Crippen LogP contribution in [0.5, 0.6) is 0 Å². The van der Waals surface area contributed by atoms with E-state index in [2.05, 4.69) is 46.4 Å². The van der Waals surface area contributed by atoms with Crippen LogP contribution in [0.2, 0.25) is 0 Å². The number of unbranched alkanes of at least 4 members (excludes halogenated alkanes) is 4. The summed E-state index contributed by atoms with van der Waals surface area (Å²) in [6.45, 7) is 16.5. The Hall–Kier alpha value is -0.0800. The summed E-state index contributed by atoms with van der Waals surface area (Å²) < 4.78 is 6.41. The Morgan fingerprint density at radius 1 is 0.724 bits per heavy atom. The lowest BCUT2D eigenvalue weighted by molar-refractivity contribution is -0.0425. The molecule has 0 spiro atoms. The summed E-state index contributed by atoms with van der Waals surface area (Å²) in [7, 11) is 0. The summed E-state index contributed by atoms with van der Waals surface area (Å²) >= 11 is 0. The minimum absolute atomic E-state index is 0.481. The summed E-state index contributed by atoms with van der Waals surface area (Å²) in [5.74, 6) is 1.76. The van der Waals surface area contributed by atoms with Gasteiger partial charge in [-0.25, -0.2) is 0 Å². The monoisotopic (exact) mass is 409 g/mol. The van der Waals surface area contributed by atoms with Crippen molar-refractivity contribution in [2.75, 3.05) is 13.2 Å². The third-order valence-electron chi connectivity index (χ3n) is 7.41. The first-order valence-electron chi connectivity index (χ1n) is 13.4. The van der Waals surface area contributed by atoms with Gasteiger partial charge in [0.25, 0.3) is 0 Å². The van der Waals surface area contributed by atoms with Gasteiger partial charge in [0.1, 0.15) is 0 Å². The van der Waals surface area contributed by atoms with Gasteiger partial charge in [-0.15, -0.1) is 0 Å². The average Bonchev–Trinajstić information content (AvgIpc) is 2.71. The van der Waals surface area contributed by atoms with E-state index in [0.717, 1.165) is 18.4 Å². The molecule has 2 nitrogen and oxygen atoms in total. The Bertz CT molecular complexity index is 360. The van der Waals surface area contributed by atoms with Crippen LogP contribution in [-0.4, -0.2) is 36.2 Å². The predicted molar refractivity (Wildman–Crippen MR) is 130 cm³/mol. The normalized spacial score (nSPS) is 25.2. The summed E-state index contributed by atoms with van der Waals surface area (Å²) in [4.78, 5) is 2.82. The summed E-state index contributed by atoms with van der Waals surface area (Å²) in [5.41, 5.74) is 0. The van der Waals surface area contributed by atoms with Crippen LogP contribution in [0.15, 0.2) is 0 Å². The van der Waals surface area contributed by atoms with Gasteiger partial charge in [-0.3, -0.25) is 4.90 Å². The molecule has 0 saturated carbocycles. The number of nitrogens with zero attached hydrogens (tertiary/aromatic N) is 1. The smallest absolute Gasteiger partial charge is 0.0604 e. The lowest BCUT2D eigenvalue weighted by Gasteiger charge is -2.44. The van der Waals surface area contributed by atoms with Crippen LogP contribution in [-0.2, 0) is 4.74 Å². The molecule has 0 radical (unpaired) electrons. The van der Waals surface area contributed by atoms with Gasteiger partial charge in [-0.05, 0) is 57.8 Å². The third-order valence-corrected chi connectivity index (χ3v) is 7.41. The molecular weight excluding hydrogens is 354 g/mol. The number of ether oxygens (including phenoxy) is 1. The second-order valence-corrected chi connectivity index (χ2v) is 10.1. The highest BCUT2D eigenvalue weighted by molar-refractivity contribution is 4.86. The number of hydrogen-bond donors (Lipinski definition) is 0. The Kier molecular flexibility index (Phi) is 15.4. The van der Waals surface area contributed by atoms with Crippen molar-refractivity contribution in [1.82, 2.24) is 4.90 Å². The zero-order valence-corrected chi connectivity index (χ0v) is 21.1. The lowest BCUT2D eigenvalue weighted by atomic mass is 9.89. The zero-order valence-electron chi connectivity index (χ0n) is 21.1. The second kappa shape index (κ2) is 16.6. The average molecular weight is 410 g/mol. The maximum Gasteiger partial charge on any atom is 0.0604 e. The van der Waals surface area contributed by atoms with Gasteiger partial charge in [0, 0.05) is 25.2 Å². The molecule has 0 aromatic rings. The first kappa shape index (κ1) is 27.0. The molecule has 29 heavy (non-hydrogen) atoms. The van der Waals surface area contributed by atoms with Crippen molar-refractivity contribution >= 4 is 0 Å². The second-order valence-electron chi connectivity index (χ2n) is 10.1. The summed E-state index contributed by atoms with van der Waals surface area (Å²) in [5, 5.41) is 0. The van der Waals surface area contributed by atoms with Crippen LogP contribution in [0.4, 0.5) is 0 Å². The van der Waals surface area contributed by atoms with Crippen LogP contribution in [0, 0.1) is 11.8 Å². The van der Waals surface area contributed by atoms with Gasteiger partial charge < -0.3 is 4.74 Å². The van der Waals surface area contributed by atoms with Crippen LogP contribution in [0.3, 0.4) is 0 Å². The maximum atomic E-state index is 6.41. The van der Waals surface area contributed by atoms with E-state index in [1.54, 1.807) is 0 Å². The molecule has 1 aliphatic heterocycles. The van der Waals surface area contributed by atoms with Crippen molar-refractivity contribution < 1.29 is 4.74 Å². The molecule has 0 bridgehead atoms. The molecule has 1 rings (SSSR count). The van der Waals surface area contributed by atoms with E-state index in [4.69, 9.17) is 4.74 Å². The molecule has 0 aliphatic carbocycles. The third kappa shape index (κ3) is 11.2. The molecule has 1 heterocycles. The van der Waals surface area contributed by atoms with E-state index in [9.17, 15) is 0 Å². The van der Waals surface area contributed by atoms with E-state index < -0.39 is 0 Å². The van der Waals surface area contributed by atoms with Gasteiger partial charge in [-0.1, -0.05) is 85.5 Å². The van der Waals surface area contributed by atoms with Crippen LogP contribution < -0.4 is 0 Å². The van der Waals surface area contributed by atoms with Gasteiger partial charge in [0.15, 0.2) is 0 Å². The number of piperidine rings is 1. The van der Waals surface area contributed by atoms with E-state index >= 15 is 0 Å². The minimum Gasteiger partial charge on any atom is -0.378 e. The topological polar surface area (TPSA) is 12.5 Å². The van der Waals surface area contributed by atoms with Gasteiger partial charge in [-0.2, -0.15) is 0 Å². The van der Waals surface area contributed by atoms with Crippen LogP contribution >= 0.6 is 0 Å². The Balaban J connectivity index is 2.43. The molecule has 3 unspecified atom stereocenters. The SMILES string of the molecule is CCCCCC(CCCC)CN1[C@H](C)CC(OCCC(CC)CCCC)C[C@@H]1C. The van der Waals surface area contributed by atoms with Crippen molar-refractivity contribution in [2.24, 2.45) is 11.8 Å². The fourth-order valence-corrected chi connectivity index (χ4v) is 5.31. The fourth-order valence-electron chi connectivity index (χ4n) is 5.31. The van der Waals surface area contributed by atoms with Crippen molar-refractivity contribution in [2.45, 2.75) is 150 Å². The van der Waals surface area contributed by atoms with Crippen LogP contribution in [0.25, 0.3) is 0 Å². The number of hydrogen-bond acceptors (Lipinski definition) is 2. The summed E-state index contributed by atoms with van der Waals surface area (Å²) in [6.07, 6.45) is 19.3. The fraction of sp³-hybridized carbons (Fsp3) is 1.00. The number of rotatable bonds is 17. The van der Waals surface area contributed by atoms with Gasteiger partial charge >= 0.3 is 0 Å². The molecule has 1 saturated heterocycles. The first-order valence-corrected chi connectivity index (χ1v) is 13.4. The maximum absolute atomic E-state index is 6.41. The predicted octanol–water partition coefficient (Wildman–Crippen LogP) is 8.24. The molecule has 0 aromatic carbocycles. The zero-order chi connectivity index (χ0) is 21.5. The first-order chi connectivity index (χ1) is 14.0. The van der Waals surface area contributed by atoms with E-state index in [-0.39, 0.29) is 0 Å². The molecule has 0 amide bonds. The van der Waals surface area contributed by atoms with Gasteiger partial charge in [0.2, 0.25) is 0 Å². The lowest BCUT2D eigenvalue weighted by Crippen LogP contribution is -2.50. The standard InChI is InChI=1S/C27H55NO/c1-7-11-14-17-26(16-13-9-3)22-28-23(5)20-27(21-24(28)6)29-19-18-25(10-4)15-12-8-2/h23-27H,7-22H2,1-6H3/t23-,24+,25?,26?,27?. The highest BCUT2D eigenvalue weighted by Crippen LogP contribution is 2.29. The highest BCUT2D eigenvalue weighted by Gasteiger charge is 2.32. The molecule has 5 atom stereocenters. The Morgan fingerprint density at radius 2 is 1.28 bits per heavy atom. The molecule has 0 N–H and O–H groups in total. The molecule has 1 aliphatic rings. The Morgan fingerprint density at radius 3 is 1.83 bits per heavy atom. The van der Waals surface area contributed by atoms with Crippen LogP contribution in [0.1, 0.15) is 131 Å². The summed E-state index contributed by atoms with van der Waals surface area (Å²) in [6, 6.07) is 1.34. The van der Waals surface area contributed by atoms with Crippen molar-refractivity contribution in [3.63, 3.8) is 0 Å². The quantitative estimate of drug-likeness (QED) is 0.224. The Labute approximate surface area is 184 Å². The molecule has 0 aromatic heterocycles. The van der Waals surface area contributed by atoms with E-state index in [0.29, 0.717) is 18.2 Å². The largest absolute Gasteiger partial charge is 0.378 e. The molecule has 2 heteroatoms. The minimum atomic E-state index is 0.481. The molecule has 174 valence electrons. The van der Waals surface area contributed by atoms with Crippen molar-refractivity contribution in [3.8, 4) is 0 Å². The van der Waals surface area contributed by atoms with Gasteiger partial charge in [0.05, 0.1) is 6.10 Å². The molecular formula is C27H55NO. The highest BCUT2D eigenvalue weighted by atomic mass is 16.5.